The molecule has 0 aromatic heterocycles. The highest BCUT2D eigenvalue weighted by Gasteiger charge is 2.39. The lowest BCUT2D eigenvalue weighted by atomic mass is 10.4. The van der Waals surface area contributed by atoms with Gasteiger partial charge in [-0.15, -0.1) is 0 Å². The van der Waals surface area contributed by atoms with E-state index in [-0.39, 0.29) is 0 Å². The van der Waals surface area contributed by atoms with Gasteiger partial charge in [0.15, 0.2) is 10.8 Å². The van der Waals surface area contributed by atoms with Crippen LogP contribution in [0.4, 0.5) is 17.6 Å². The van der Waals surface area contributed by atoms with E-state index < -0.39 is 27.0 Å². The molecule has 0 heterocycles. The van der Waals surface area contributed by atoms with E-state index in [2.05, 4.69) is 0 Å². The molecule has 0 amide bonds. The molecule has 72 valence electrons. The van der Waals surface area contributed by atoms with Gasteiger partial charge in [0.25, 0.3) is 0 Å². The Bertz CT molecular complexity index is 334. The fourth-order valence-electron chi connectivity index (χ4n) is 0.720. The Hall–Kier alpha value is -0.910. The number of alkyl halides is 3. The first-order valence-corrected chi connectivity index (χ1v) is 4.31. The molecule has 0 aliphatic rings. The van der Waals surface area contributed by atoms with Crippen LogP contribution in [0.1, 0.15) is 0 Å². The van der Waals surface area contributed by atoms with Crippen molar-refractivity contribution in [3.8, 4) is 0 Å². The predicted octanol–water partition coefficient (Wildman–Crippen LogP) is 2.45. The average molecular weight is 212 g/mol. The molecule has 0 saturated carbocycles. The highest BCUT2D eigenvalue weighted by Crippen LogP contribution is 2.27. The third-order valence-corrected chi connectivity index (χ3v) is 2.40. The summed E-state index contributed by atoms with van der Waals surface area (Å²) in [7, 11) is -3.29. The molecule has 0 fully saturated rings. The summed E-state index contributed by atoms with van der Waals surface area (Å²) in [6.45, 7) is 0. The number of benzene rings is 1. The maximum absolute atomic E-state index is 12.7. The Morgan fingerprint density at radius 1 is 1.15 bits per heavy atom. The van der Waals surface area contributed by atoms with Crippen LogP contribution in [0, 0.1) is 5.82 Å². The molecular formula is C7H4F4OS. The zero-order valence-electron chi connectivity index (χ0n) is 6.14. The fourth-order valence-corrected chi connectivity index (χ4v) is 1.42. The van der Waals surface area contributed by atoms with Gasteiger partial charge in [0.05, 0.1) is 4.90 Å². The third kappa shape index (κ3) is 2.27. The highest BCUT2D eigenvalue weighted by molar-refractivity contribution is 7.86. The van der Waals surface area contributed by atoms with Crippen LogP contribution in [-0.2, 0) is 10.8 Å². The van der Waals surface area contributed by atoms with Gasteiger partial charge >= 0.3 is 5.51 Å². The van der Waals surface area contributed by atoms with Crippen LogP contribution >= 0.6 is 0 Å². The van der Waals surface area contributed by atoms with Crippen LogP contribution in [0.3, 0.4) is 0 Å². The van der Waals surface area contributed by atoms with Gasteiger partial charge in [0.2, 0.25) is 0 Å². The zero-order valence-corrected chi connectivity index (χ0v) is 6.95. The summed E-state index contributed by atoms with van der Waals surface area (Å²) in [5, 5.41) is 0. The summed E-state index contributed by atoms with van der Waals surface area (Å²) < 4.78 is 58.9. The fraction of sp³-hybridized carbons (Fsp3) is 0.143. The normalized spacial score (nSPS) is 14.2. The van der Waals surface area contributed by atoms with Crippen LogP contribution in [-0.4, -0.2) is 9.72 Å². The van der Waals surface area contributed by atoms with Crippen molar-refractivity contribution in [2.45, 2.75) is 10.4 Å². The lowest BCUT2D eigenvalue weighted by Crippen LogP contribution is -2.17. The maximum atomic E-state index is 12.7. The Balaban J connectivity index is 3.10. The molecule has 0 N–H and O–H groups in total. The largest absolute Gasteiger partial charge is 0.475 e. The lowest BCUT2D eigenvalue weighted by Gasteiger charge is -2.05. The van der Waals surface area contributed by atoms with Gasteiger partial charge in [-0.3, -0.25) is 0 Å². The van der Waals surface area contributed by atoms with Gasteiger partial charge in [-0.2, -0.15) is 13.2 Å². The van der Waals surface area contributed by atoms with Crippen molar-refractivity contribution in [2.24, 2.45) is 0 Å². The Morgan fingerprint density at radius 3 is 2.15 bits per heavy atom. The van der Waals surface area contributed by atoms with Crippen molar-refractivity contribution in [1.29, 1.82) is 0 Å². The van der Waals surface area contributed by atoms with Gasteiger partial charge in [-0.25, -0.2) is 8.60 Å². The summed E-state index contributed by atoms with van der Waals surface area (Å²) >= 11 is 0. The first kappa shape index (κ1) is 10.2. The zero-order chi connectivity index (χ0) is 10.1. The highest BCUT2D eigenvalue weighted by atomic mass is 32.2. The molecule has 0 radical (unpaired) electrons. The van der Waals surface area contributed by atoms with Gasteiger partial charge in [-0.05, 0) is 12.1 Å². The maximum Gasteiger partial charge on any atom is 0.475 e. The molecule has 1 nitrogen and oxygen atoms in total. The van der Waals surface area contributed by atoms with E-state index in [9.17, 15) is 21.8 Å². The number of hydrogen-bond donors (Lipinski definition) is 0. The molecule has 0 saturated heterocycles. The molecule has 0 spiro atoms. The van der Waals surface area contributed by atoms with Crippen molar-refractivity contribution in [2.75, 3.05) is 0 Å². The van der Waals surface area contributed by atoms with Gasteiger partial charge < -0.3 is 0 Å². The molecule has 6 heteroatoms. The lowest BCUT2D eigenvalue weighted by molar-refractivity contribution is -0.0386. The van der Waals surface area contributed by atoms with E-state index in [1.54, 1.807) is 0 Å². The van der Waals surface area contributed by atoms with Gasteiger partial charge in [0, 0.05) is 0 Å². The summed E-state index contributed by atoms with van der Waals surface area (Å²) in [6.07, 6.45) is 0. The van der Waals surface area contributed by atoms with E-state index in [0.29, 0.717) is 0 Å². The first-order valence-electron chi connectivity index (χ1n) is 3.16. The molecular weight excluding hydrogens is 208 g/mol. The number of halogens is 4. The topological polar surface area (TPSA) is 17.1 Å². The van der Waals surface area contributed by atoms with Crippen LogP contribution in [0.2, 0.25) is 0 Å². The van der Waals surface area contributed by atoms with Crippen LogP contribution in [0.15, 0.2) is 29.2 Å². The monoisotopic (exact) mass is 212 g/mol. The number of hydrogen-bond acceptors (Lipinski definition) is 1. The molecule has 0 bridgehead atoms. The van der Waals surface area contributed by atoms with Gasteiger partial charge in [0.1, 0.15) is 5.82 Å². The first-order chi connectivity index (χ1) is 5.93. The summed E-state index contributed by atoms with van der Waals surface area (Å²) in [4.78, 5) is -0.838. The molecule has 1 rings (SSSR count). The Labute approximate surface area is 73.8 Å². The average Bonchev–Trinajstić information content (AvgIpc) is 2.02. The molecule has 1 atom stereocenters. The molecule has 1 aromatic rings. The van der Waals surface area contributed by atoms with Gasteiger partial charge in [-0.1, -0.05) is 12.1 Å². The SMILES string of the molecule is O=S(c1ccccc1F)C(F)(F)F. The second-order valence-corrected chi connectivity index (χ2v) is 3.59. The van der Waals surface area contributed by atoms with Crippen molar-refractivity contribution in [3.63, 3.8) is 0 Å². The number of rotatable bonds is 1. The van der Waals surface area contributed by atoms with E-state index in [4.69, 9.17) is 0 Å². The standard InChI is InChI=1S/C7H4F4OS/c8-5-3-1-2-4-6(5)13(12)7(9,10)11/h1-4H. The second kappa shape index (κ2) is 3.45. The van der Waals surface area contributed by atoms with Crippen LogP contribution < -0.4 is 0 Å². The molecule has 1 aromatic carbocycles. The van der Waals surface area contributed by atoms with Crippen molar-refractivity contribution in [1.82, 2.24) is 0 Å². The Kier molecular flexibility index (Phi) is 2.70. The van der Waals surface area contributed by atoms with E-state index in [1.165, 1.54) is 12.1 Å². The molecule has 0 aliphatic heterocycles. The minimum absolute atomic E-state index is 0.832. The van der Waals surface area contributed by atoms with Crippen LogP contribution in [0.25, 0.3) is 0 Å². The molecule has 13 heavy (non-hydrogen) atoms. The summed E-state index contributed by atoms with van der Waals surface area (Å²) in [5.74, 6) is -1.11. The predicted molar refractivity (Wildman–Crippen MR) is 38.9 cm³/mol. The summed E-state index contributed by atoms with van der Waals surface area (Å²) in [5.41, 5.74) is -4.91. The second-order valence-electron chi connectivity index (χ2n) is 2.14. The summed E-state index contributed by atoms with van der Waals surface area (Å²) in [6, 6.07) is 4.10. The minimum Gasteiger partial charge on any atom is -0.245 e. The minimum atomic E-state index is -4.91. The quantitative estimate of drug-likeness (QED) is 0.653. The van der Waals surface area contributed by atoms with Crippen molar-refractivity contribution >= 4 is 10.8 Å². The Morgan fingerprint density at radius 2 is 1.69 bits per heavy atom. The van der Waals surface area contributed by atoms with E-state index in [1.807, 2.05) is 0 Å². The van der Waals surface area contributed by atoms with Crippen molar-refractivity contribution < 1.29 is 21.8 Å². The van der Waals surface area contributed by atoms with E-state index in [0.717, 1.165) is 12.1 Å². The third-order valence-electron chi connectivity index (χ3n) is 1.25. The van der Waals surface area contributed by atoms with Crippen LogP contribution in [0.5, 0.6) is 0 Å². The van der Waals surface area contributed by atoms with E-state index >= 15 is 0 Å². The molecule has 1 unspecified atom stereocenters. The smallest absolute Gasteiger partial charge is 0.245 e. The van der Waals surface area contributed by atoms with Crippen molar-refractivity contribution in [3.05, 3.63) is 30.1 Å². The molecule has 0 aliphatic carbocycles.